The van der Waals surface area contributed by atoms with Gasteiger partial charge in [-0.2, -0.15) is 13.2 Å². The van der Waals surface area contributed by atoms with E-state index in [1.54, 1.807) is 28.9 Å². The average Bonchev–Trinajstić information content (AvgIpc) is 3.07. The van der Waals surface area contributed by atoms with Gasteiger partial charge < -0.3 is 9.14 Å². The number of benzene rings is 1. The number of fused-ring (bicyclic) bond motifs is 1. The van der Waals surface area contributed by atoms with Gasteiger partial charge in [0.1, 0.15) is 12.3 Å². The predicted molar refractivity (Wildman–Crippen MR) is 101 cm³/mol. The van der Waals surface area contributed by atoms with Crippen LogP contribution in [0.3, 0.4) is 0 Å². The van der Waals surface area contributed by atoms with Crippen molar-refractivity contribution in [2.75, 3.05) is 6.54 Å². The summed E-state index contributed by atoms with van der Waals surface area (Å²) in [5.74, 6) is -0.697. The summed E-state index contributed by atoms with van der Waals surface area (Å²) < 4.78 is 71.3. The Hall–Kier alpha value is -2.63. The fourth-order valence-electron chi connectivity index (χ4n) is 2.52. The molecule has 0 fully saturated rings. The summed E-state index contributed by atoms with van der Waals surface area (Å²) in [7, 11) is -4.21. The largest absolute Gasteiger partial charge is 0.459 e. The third-order valence-corrected chi connectivity index (χ3v) is 5.62. The van der Waals surface area contributed by atoms with Crippen LogP contribution in [0.4, 0.5) is 13.2 Å². The first-order valence-corrected chi connectivity index (χ1v) is 10.4. The first kappa shape index (κ1) is 22.1. The first-order valence-electron chi connectivity index (χ1n) is 8.50. The molecule has 0 saturated heterocycles. The minimum absolute atomic E-state index is 0.126. The molecule has 3 aromatic rings. The van der Waals surface area contributed by atoms with Crippen LogP contribution in [0.15, 0.2) is 53.7 Å². The van der Waals surface area contributed by atoms with E-state index in [1.807, 2.05) is 0 Å². The number of hydrogen-bond donors (Lipinski definition) is 1. The number of aromatic nitrogens is 2. The first-order chi connectivity index (χ1) is 14.0. The van der Waals surface area contributed by atoms with Crippen LogP contribution in [0.1, 0.15) is 17.7 Å². The number of halogens is 4. The molecule has 3 rings (SSSR count). The Labute approximate surface area is 174 Å². The smallest absolute Gasteiger partial charge is 0.416 e. The number of sulfonamides is 1. The highest BCUT2D eigenvalue weighted by Gasteiger charge is 2.31. The van der Waals surface area contributed by atoms with Crippen molar-refractivity contribution in [3.63, 3.8) is 0 Å². The number of carbonyl (C=O) groups is 1. The normalized spacial score (nSPS) is 12.3. The Morgan fingerprint density at radius 2 is 1.97 bits per heavy atom. The third kappa shape index (κ3) is 5.49. The zero-order valence-corrected chi connectivity index (χ0v) is 16.8. The molecule has 0 saturated carbocycles. The van der Waals surface area contributed by atoms with Crippen molar-refractivity contribution in [2.24, 2.45) is 0 Å². The molecule has 2 heterocycles. The van der Waals surface area contributed by atoms with Crippen molar-refractivity contribution in [3.05, 3.63) is 65.1 Å². The summed E-state index contributed by atoms with van der Waals surface area (Å²) in [5, 5.41) is 0.511. The molecule has 7 nitrogen and oxygen atoms in total. The molecule has 0 aliphatic heterocycles. The second kappa shape index (κ2) is 8.62. The maximum absolute atomic E-state index is 12.7. The van der Waals surface area contributed by atoms with E-state index in [-0.39, 0.29) is 19.6 Å². The lowest BCUT2D eigenvalue weighted by Crippen LogP contribution is -2.27. The quantitative estimate of drug-likeness (QED) is 0.544. The van der Waals surface area contributed by atoms with Crippen LogP contribution in [-0.2, 0) is 32.3 Å². The van der Waals surface area contributed by atoms with Gasteiger partial charge in [0.25, 0.3) is 0 Å². The van der Waals surface area contributed by atoms with E-state index in [2.05, 4.69) is 9.71 Å². The number of nitrogens with zero attached hydrogens (tertiary/aromatic N) is 2. The number of rotatable bonds is 7. The van der Waals surface area contributed by atoms with Crippen LogP contribution in [0.2, 0.25) is 5.02 Å². The van der Waals surface area contributed by atoms with E-state index in [4.69, 9.17) is 16.3 Å². The lowest BCUT2D eigenvalue weighted by atomic mass is 10.2. The maximum atomic E-state index is 12.7. The van der Waals surface area contributed by atoms with Gasteiger partial charge in [-0.3, -0.25) is 4.79 Å². The van der Waals surface area contributed by atoms with E-state index in [9.17, 15) is 26.4 Å². The predicted octanol–water partition coefficient (Wildman–Crippen LogP) is 3.42. The number of esters is 1. The van der Waals surface area contributed by atoms with Gasteiger partial charge in [0.2, 0.25) is 10.0 Å². The summed E-state index contributed by atoms with van der Waals surface area (Å²) in [6.07, 6.45) is -1.71. The van der Waals surface area contributed by atoms with Crippen molar-refractivity contribution >= 4 is 33.2 Å². The lowest BCUT2D eigenvalue weighted by molar-refractivity contribution is -0.144. The van der Waals surface area contributed by atoms with E-state index in [0.717, 1.165) is 18.2 Å². The number of nitrogens with one attached hydrogen (secondary N) is 1. The molecule has 0 radical (unpaired) electrons. The summed E-state index contributed by atoms with van der Waals surface area (Å²) in [6.45, 7) is -0.462. The molecule has 12 heteroatoms. The molecule has 30 heavy (non-hydrogen) atoms. The van der Waals surface area contributed by atoms with Gasteiger partial charge in [0.15, 0.2) is 0 Å². The van der Waals surface area contributed by atoms with Gasteiger partial charge in [0, 0.05) is 18.9 Å². The van der Waals surface area contributed by atoms with Gasteiger partial charge in [0.05, 0.1) is 27.6 Å². The third-order valence-electron chi connectivity index (χ3n) is 3.94. The molecule has 0 atom stereocenters. The minimum atomic E-state index is -4.67. The van der Waals surface area contributed by atoms with Gasteiger partial charge >= 0.3 is 12.1 Å². The van der Waals surface area contributed by atoms with Crippen LogP contribution >= 0.6 is 11.6 Å². The molecule has 160 valence electrons. The van der Waals surface area contributed by atoms with Crippen molar-refractivity contribution in [3.8, 4) is 0 Å². The van der Waals surface area contributed by atoms with Crippen LogP contribution in [0, 0.1) is 0 Å². The van der Waals surface area contributed by atoms with Crippen molar-refractivity contribution in [1.29, 1.82) is 0 Å². The number of alkyl halides is 3. The average molecular weight is 462 g/mol. The van der Waals surface area contributed by atoms with Crippen LogP contribution in [0.5, 0.6) is 0 Å². The van der Waals surface area contributed by atoms with E-state index in [0.29, 0.717) is 22.4 Å². The number of pyridine rings is 1. The van der Waals surface area contributed by atoms with Crippen molar-refractivity contribution in [1.82, 2.24) is 14.1 Å². The lowest BCUT2D eigenvalue weighted by Gasteiger charge is -2.10. The molecule has 0 aliphatic carbocycles. The summed E-state index contributed by atoms with van der Waals surface area (Å²) >= 11 is 5.88. The maximum Gasteiger partial charge on any atom is 0.416 e. The summed E-state index contributed by atoms with van der Waals surface area (Å²) in [6, 6.07) is 6.67. The molecule has 0 unspecified atom stereocenters. The van der Waals surface area contributed by atoms with E-state index < -0.39 is 32.6 Å². The molecular formula is C18H15ClF3N3O4S. The highest BCUT2D eigenvalue weighted by molar-refractivity contribution is 7.89. The molecule has 0 aliphatic rings. The Kier molecular flexibility index (Phi) is 6.34. The van der Waals surface area contributed by atoms with Crippen molar-refractivity contribution in [2.45, 2.75) is 24.1 Å². The standard InChI is InChI=1S/C18H15ClF3N3O4S/c19-13-4-5-16-24-14(10-25(16)9-13)11-29-17(26)6-7-23-30(27,28)15-3-1-2-12(8-15)18(20,21)22/h1-5,8-10,23H,6-7,11H2. The zero-order valence-electron chi connectivity index (χ0n) is 15.2. The highest BCUT2D eigenvalue weighted by Crippen LogP contribution is 2.30. The van der Waals surface area contributed by atoms with E-state index in [1.165, 1.54) is 0 Å². The van der Waals surface area contributed by atoms with Crippen molar-refractivity contribution < 1.29 is 31.1 Å². The number of hydrogen-bond acceptors (Lipinski definition) is 5. The van der Waals surface area contributed by atoms with Crippen LogP contribution in [0.25, 0.3) is 5.65 Å². The molecular weight excluding hydrogens is 447 g/mol. The number of ether oxygens (including phenoxy) is 1. The zero-order chi connectivity index (χ0) is 21.9. The van der Waals surface area contributed by atoms with Gasteiger partial charge in [-0.1, -0.05) is 17.7 Å². The Balaban J connectivity index is 1.52. The van der Waals surface area contributed by atoms with Gasteiger partial charge in [-0.15, -0.1) is 0 Å². The summed E-state index contributed by atoms with van der Waals surface area (Å²) in [5.41, 5.74) is -0.00649. The molecule has 0 amide bonds. The fraction of sp³-hybridized carbons (Fsp3) is 0.222. The Morgan fingerprint density at radius 1 is 1.20 bits per heavy atom. The van der Waals surface area contributed by atoms with Gasteiger partial charge in [-0.25, -0.2) is 18.1 Å². The second-order valence-corrected chi connectivity index (χ2v) is 8.38. The number of imidazole rings is 1. The molecule has 0 bridgehead atoms. The molecule has 1 N–H and O–H groups in total. The highest BCUT2D eigenvalue weighted by atomic mass is 35.5. The summed E-state index contributed by atoms with van der Waals surface area (Å²) in [4.78, 5) is 15.5. The monoisotopic (exact) mass is 461 g/mol. The molecule has 0 spiro atoms. The minimum Gasteiger partial charge on any atom is -0.459 e. The SMILES string of the molecule is O=C(CCNS(=O)(=O)c1cccc(C(F)(F)F)c1)OCc1cn2cc(Cl)ccc2n1. The van der Waals surface area contributed by atoms with Crippen LogP contribution < -0.4 is 4.72 Å². The van der Waals surface area contributed by atoms with Gasteiger partial charge in [-0.05, 0) is 30.3 Å². The topological polar surface area (TPSA) is 89.8 Å². The second-order valence-electron chi connectivity index (χ2n) is 6.18. The van der Waals surface area contributed by atoms with Crippen LogP contribution in [-0.4, -0.2) is 30.3 Å². The Bertz CT molecular complexity index is 1180. The number of carbonyl (C=O) groups excluding carboxylic acids is 1. The Morgan fingerprint density at radius 3 is 2.70 bits per heavy atom. The molecule has 2 aromatic heterocycles. The van der Waals surface area contributed by atoms with E-state index >= 15 is 0 Å². The molecule has 1 aromatic carbocycles. The fourth-order valence-corrected chi connectivity index (χ4v) is 3.77.